The Bertz CT molecular complexity index is 1190. The first-order valence-electron chi connectivity index (χ1n) is 13.3. The second-order valence-corrected chi connectivity index (χ2v) is 9.78. The van der Waals surface area contributed by atoms with Crippen molar-refractivity contribution in [1.29, 1.82) is 0 Å². The minimum absolute atomic E-state index is 0.0194. The van der Waals surface area contributed by atoms with Gasteiger partial charge in [0.2, 0.25) is 0 Å². The van der Waals surface area contributed by atoms with E-state index in [0.29, 0.717) is 13.3 Å². The number of anilines is 4. The standard InChI is InChI=1S/C32H34N4O4/c1-37-27-13-5-23(6-14-27)33-21-34(24-7-15-28(38-2)16-8-24)32-31(33)35(25-9-17-29(39-3)18-10-25)22-36(32)26-11-19-30(40-4)20-12-26/h5-20,31-32H,21-22H2,1-4H3. The molecule has 0 atom stereocenters. The lowest BCUT2D eigenvalue weighted by Crippen LogP contribution is -2.46. The van der Waals surface area contributed by atoms with E-state index in [1.807, 2.05) is 48.5 Å². The van der Waals surface area contributed by atoms with Crippen LogP contribution in [0.15, 0.2) is 97.1 Å². The molecule has 2 aliphatic heterocycles. The molecule has 8 nitrogen and oxygen atoms in total. The van der Waals surface area contributed by atoms with E-state index in [1.54, 1.807) is 28.4 Å². The molecule has 40 heavy (non-hydrogen) atoms. The van der Waals surface area contributed by atoms with Crippen LogP contribution in [0.5, 0.6) is 23.0 Å². The van der Waals surface area contributed by atoms with Gasteiger partial charge in [0.05, 0.1) is 41.8 Å². The second-order valence-electron chi connectivity index (χ2n) is 9.78. The molecule has 4 aromatic rings. The Morgan fingerprint density at radius 2 is 0.575 bits per heavy atom. The molecule has 4 aromatic carbocycles. The minimum Gasteiger partial charge on any atom is -0.497 e. The molecule has 0 aliphatic carbocycles. The van der Waals surface area contributed by atoms with Gasteiger partial charge in [0.1, 0.15) is 35.3 Å². The van der Waals surface area contributed by atoms with E-state index in [9.17, 15) is 0 Å². The van der Waals surface area contributed by atoms with E-state index in [1.165, 1.54) is 0 Å². The van der Waals surface area contributed by atoms with Crippen LogP contribution in [0.3, 0.4) is 0 Å². The molecule has 2 saturated heterocycles. The highest BCUT2D eigenvalue weighted by atomic mass is 16.5. The molecule has 0 unspecified atom stereocenters. The Morgan fingerprint density at radius 3 is 0.750 bits per heavy atom. The van der Waals surface area contributed by atoms with E-state index >= 15 is 0 Å². The molecule has 0 radical (unpaired) electrons. The molecule has 0 N–H and O–H groups in total. The molecule has 2 heterocycles. The van der Waals surface area contributed by atoms with E-state index < -0.39 is 0 Å². The maximum absolute atomic E-state index is 5.46. The fraction of sp³-hybridized carbons (Fsp3) is 0.250. The van der Waals surface area contributed by atoms with Crippen LogP contribution in [0.4, 0.5) is 22.7 Å². The smallest absolute Gasteiger partial charge is 0.145 e. The summed E-state index contributed by atoms with van der Waals surface area (Å²) in [5.41, 5.74) is 4.51. The van der Waals surface area contributed by atoms with Gasteiger partial charge in [-0.3, -0.25) is 0 Å². The van der Waals surface area contributed by atoms with Crippen LogP contribution >= 0.6 is 0 Å². The Balaban J connectivity index is 1.47. The summed E-state index contributed by atoms with van der Waals surface area (Å²) in [6.07, 6.45) is 0.0389. The van der Waals surface area contributed by atoms with E-state index in [0.717, 1.165) is 45.7 Å². The molecule has 0 aromatic heterocycles. The van der Waals surface area contributed by atoms with Crippen molar-refractivity contribution in [2.75, 3.05) is 61.4 Å². The quantitative estimate of drug-likeness (QED) is 0.286. The van der Waals surface area contributed by atoms with Crippen molar-refractivity contribution in [3.05, 3.63) is 97.1 Å². The van der Waals surface area contributed by atoms with Gasteiger partial charge in [-0.15, -0.1) is 0 Å². The Labute approximate surface area is 235 Å². The molecule has 206 valence electrons. The minimum atomic E-state index is 0.0194. The fourth-order valence-corrected chi connectivity index (χ4v) is 5.68. The van der Waals surface area contributed by atoms with Gasteiger partial charge in [-0.25, -0.2) is 0 Å². The maximum atomic E-state index is 5.46. The number of hydrogen-bond donors (Lipinski definition) is 0. The Morgan fingerprint density at radius 1 is 0.375 bits per heavy atom. The first-order chi connectivity index (χ1) is 19.6. The van der Waals surface area contributed by atoms with Crippen LogP contribution in [0.1, 0.15) is 0 Å². The van der Waals surface area contributed by atoms with Gasteiger partial charge in [0.15, 0.2) is 0 Å². The van der Waals surface area contributed by atoms with Crippen LogP contribution in [-0.2, 0) is 0 Å². The number of ether oxygens (including phenoxy) is 4. The zero-order valence-electron chi connectivity index (χ0n) is 23.2. The number of hydrogen-bond acceptors (Lipinski definition) is 8. The summed E-state index contributed by atoms with van der Waals surface area (Å²) in [7, 11) is 6.78. The molecule has 0 saturated carbocycles. The lowest BCUT2D eigenvalue weighted by atomic mass is 10.2. The molecular formula is C32H34N4O4. The molecule has 2 fully saturated rings. The average molecular weight is 539 g/mol. The van der Waals surface area contributed by atoms with Crippen LogP contribution < -0.4 is 38.5 Å². The van der Waals surface area contributed by atoms with Crippen LogP contribution in [0.2, 0.25) is 0 Å². The average Bonchev–Trinajstić information content (AvgIpc) is 3.60. The van der Waals surface area contributed by atoms with Crippen LogP contribution in [0, 0.1) is 0 Å². The van der Waals surface area contributed by atoms with Crippen molar-refractivity contribution >= 4 is 22.7 Å². The maximum Gasteiger partial charge on any atom is 0.145 e. The highest BCUT2D eigenvalue weighted by Crippen LogP contribution is 2.43. The van der Waals surface area contributed by atoms with Gasteiger partial charge in [-0.05, 0) is 97.1 Å². The van der Waals surface area contributed by atoms with Gasteiger partial charge in [0.25, 0.3) is 0 Å². The van der Waals surface area contributed by atoms with Gasteiger partial charge >= 0.3 is 0 Å². The molecule has 6 rings (SSSR count). The topological polar surface area (TPSA) is 49.9 Å². The normalized spacial score (nSPS) is 18.1. The summed E-state index contributed by atoms with van der Waals surface area (Å²) >= 11 is 0. The highest BCUT2D eigenvalue weighted by molar-refractivity contribution is 5.69. The van der Waals surface area contributed by atoms with Crippen molar-refractivity contribution in [2.24, 2.45) is 0 Å². The molecule has 0 amide bonds. The summed E-state index contributed by atoms with van der Waals surface area (Å²) in [6, 6.07) is 33.3. The highest BCUT2D eigenvalue weighted by Gasteiger charge is 2.52. The lowest BCUT2D eigenvalue weighted by molar-refractivity contribution is 0.414. The number of rotatable bonds is 8. The first kappa shape index (κ1) is 25.6. The van der Waals surface area contributed by atoms with Crippen molar-refractivity contribution in [3.63, 3.8) is 0 Å². The summed E-state index contributed by atoms with van der Waals surface area (Å²) < 4.78 is 21.8. The predicted molar refractivity (Wildman–Crippen MR) is 159 cm³/mol. The Kier molecular flexibility index (Phi) is 6.90. The Hall–Kier alpha value is -4.72. The largest absolute Gasteiger partial charge is 0.497 e. The van der Waals surface area contributed by atoms with E-state index in [-0.39, 0.29) is 12.3 Å². The zero-order valence-corrected chi connectivity index (χ0v) is 23.2. The van der Waals surface area contributed by atoms with E-state index in [2.05, 4.69) is 68.1 Å². The number of methoxy groups -OCH3 is 4. The van der Waals surface area contributed by atoms with Crippen LogP contribution in [-0.4, -0.2) is 54.1 Å². The van der Waals surface area contributed by atoms with Crippen molar-refractivity contribution in [3.8, 4) is 23.0 Å². The monoisotopic (exact) mass is 538 g/mol. The molecule has 0 spiro atoms. The van der Waals surface area contributed by atoms with Gasteiger partial charge in [0, 0.05) is 22.7 Å². The van der Waals surface area contributed by atoms with Gasteiger partial charge < -0.3 is 38.5 Å². The molecule has 0 bridgehead atoms. The zero-order chi connectivity index (χ0) is 27.6. The summed E-state index contributed by atoms with van der Waals surface area (Å²) in [5, 5.41) is 0. The van der Waals surface area contributed by atoms with Gasteiger partial charge in [-0.1, -0.05) is 0 Å². The number of nitrogens with zero attached hydrogens (tertiary/aromatic N) is 4. The molecule has 8 heteroatoms. The third kappa shape index (κ3) is 4.55. The van der Waals surface area contributed by atoms with Gasteiger partial charge in [-0.2, -0.15) is 0 Å². The first-order valence-corrected chi connectivity index (χ1v) is 13.3. The van der Waals surface area contributed by atoms with Crippen molar-refractivity contribution in [2.45, 2.75) is 12.3 Å². The molecule has 2 aliphatic rings. The van der Waals surface area contributed by atoms with Crippen LogP contribution in [0.25, 0.3) is 0 Å². The lowest BCUT2D eigenvalue weighted by Gasteiger charge is -2.33. The fourth-order valence-electron chi connectivity index (χ4n) is 5.68. The summed E-state index contributed by atoms with van der Waals surface area (Å²) in [6.45, 7) is 1.40. The third-order valence-electron chi connectivity index (χ3n) is 7.77. The second kappa shape index (κ2) is 10.8. The van der Waals surface area contributed by atoms with Crippen molar-refractivity contribution in [1.82, 2.24) is 0 Å². The third-order valence-corrected chi connectivity index (χ3v) is 7.77. The summed E-state index contributed by atoms with van der Waals surface area (Å²) in [4.78, 5) is 9.84. The number of fused-ring (bicyclic) bond motifs is 1. The molecular weight excluding hydrogens is 504 g/mol. The van der Waals surface area contributed by atoms with E-state index in [4.69, 9.17) is 18.9 Å². The number of benzene rings is 4. The van der Waals surface area contributed by atoms with Crippen molar-refractivity contribution < 1.29 is 18.9 Å². The SMILES string of the molecule is COc1ccc(N2CN(c3ccc(OC)cc3)C3C2N(c2ccc(OC)cc2)CN3c2ccc(OC)cc2)cc1. The predicted octanol–water partition coefficient (Wildman–Crippen LogP) is 5.64. The summed E-state index contributed by atoms with van der Waals surface area (Å²) in [5.74, 6) is 3.35.